The SMILES string of the molecule is CC(=O)NC1CCN(C(=O)c2cnc3c(c2)ncn3C2CCCC2)C1. The van der Waals surface area contributed by atoms with Gasteiger partial charge < -0.3 is 14.8 Å². The summed E-state index contributed by atoms with van der Waals surface area (Å²) in [4.78, 5) is 34.7. The van der Waals surface area contributed by atoms with Crippen molar-refractivity contribution in [2.75, 3.05) is 13.1 Å². The van der Waals surface area contributed by atoms with Crippen molar-refractivity contribution >= 4 is 23.0 Å². The minimum Gasteiger partial charge on any atom is -0.352 e. The molecule has 1 aliphatic carbocycles. The fourth-order valence-electron chi connectivity index (χ4n) is 4.02. The van der Waals surface area contributed by atoms with Crippen molar-refractivity contribution < 1.29 is 9.59 Å². The predicted molar refractivity (Wildman–Crippen MR) is 93.2 cm³/mol. The van der Waals surface area contributed by atoms with Gasteiger partial charge in [0.15, 0.2) is 5.65 Å². The number of pyridine rings is 1. The summed E-state index contributed by atoms with van der Waals surface area (Å²) < 4.78 is 2.15. The van der Waals surface area contributed by atoms with E-state index >= 15 is 0 Å². The van der Waals surface area contributed by atoms with Crippen LogP contribution >= 0.6 is 0 Å². The molecule has 0 spiro atoms. The number of carbonyl (C=O) groups excluding carboxylic acids is 2. The van der Waals surface area contributed by atoms with E-state index < -0.39 is 0 Å². The van der Waals surface area contributed by atoms with E-state index in [4.69, 9.17) is 0 Å². The van der Waals surface area contributed by atoms with Crippen LogP contribution in [0.3, 0.4) is 0 Å². The summed E-state index contributed by atoms with van der Waals surface area (Å²) >= 11 is 0. The molecule has 1 N–H and O–H groups in total. The minimum atomic E-state index is -0.0557. The molecule has 2 aromatic heterocycles. The molecule has 1 unspecified atom stereocenters. The number of amides is 2. The Balaban J connectivity index is 1.52. The first-order valence-corrected chi connectivity index (χ1v) is 9.01. The molecule has 132 valence electrons. The van der Waals surface area contributed by atoms with Crippen molar-refractivity contribution in [1.29, 1.82) is 0 Å². The molecule has 1 aliphatic heterocycles. The van der Waals surface area contributed by atoms with E-state index in [0.717, 1.165) is 17.6 Å². The second-order valence-electron chi connectivity index (χ2n) is 7.09. The number of likely N-dealkylation sites (tertiary alicyclic amines) is 1. The number of aromatic nitrogens is 3. The number of nitrogens with zero attached hydrogens (tertiary/aromatic N) is 4. The number of nitrogens with one attached hydrogen (secondary N) is 1. The summed E-state index contributed by atoms with van der Waals surface area (Å²) in [7, 11) is 0. The molecule has 25 heavy (non-hydrogen) atoms. The topological polar surface area (TPSA) is 80.1 Å². The molecule has 0 radical (unpaired) electrons. The van der Waals surface area contributed by atoms with Gasteiger partial charge in [-0.3, -0.25) is 9.59 Å². The minimum absolute atomic E-state index is 0.0414. The van der Waals surface area contributed by atoms with Crippen LogP contribution in [0.15, 0.2) is 18.6 Å². The van der Waals surface area contributed by atoms with Gasteiger partial charge in [-0.05, 0) is 25.3 Å². The molecule has 7 nitrogen and oxygen atoms in total. The highest BCUT2D eigenvalue weighted by Gasteiger charge is 2.28. The summed E-state index contributed by atoms with van der Waals surface area (Å²) in [5, 5.41) is 2.88. The average molecular weight is 341 g/mol. The van der Waals surface area contributed by atoms with Gasteiger partial charge in [-0.15, -0.1) is 0 Å². The molecule has 2 aromatic rings. The molecule has 2 fully saturated rings. The lowest BCUT2D eigenvalue weighted by Gasteiger charge is -2.17. The molecule has 7 heteroatoms. The van der Waals surface area contributed by atoms with Gasteiger partial charge in [0.05, 0.1) is 11.9 Å². The fourth-order valence-corrected chi connectivity index (χ4v) is 4.02. The highest BCUT2D eigenvalue weighted by Crippen LogP contribution is 2.31. The van der Waals surface area contributed by atoms with E-state index in [0.29, 0.717) is 24.7 Å². The maximum absolute atomic E-state index is 12.7. The van der Waals surface area contributed by atoms with Gasteiger partial charge in [0.25, 0.3) is 5.91 Å². The van der Waals surface area contributed by atoms with Gasteiger partial charge in [0, 0.05) is 38.3 Å². The van der Waals surface area contributed by atoms with Crippen LogP contribution in [0.25, 0.3) is 11.2 Å². The summed E-state index contributed by atoms with van der Waals surface area (Å²) in [5.74, 6) is -0.0995. The number of hydrogen-bond acceptors (Lipinski definition) is 4. The monoisotopic (exact) mass is 341 g/mol. The van der Waals surface area contributed by atoms with Crippen molar-refractivity contribution in [3.63, 3.8) is 0 Å². The van der Waals surface area contributed by atoms with Gasteiger partial charge in [-0.1, -0.05) is 12.8 Å². The van der Waals surface area contributed by atoms with Crippen LogP contribution in [0.2, 0.25) is 0 Å². The van der Waals surface area contributed by atoms with E-state index in [9.17, 15) is 9.59 Å². The number of carbonyl (C=O) groups is 2. The van der Waals surface area contributed by atoms with E-state index in [2.05, 4.69) is 19.9 Å². The lowest BCUT2D eigenvalue weighted by atomic mass is 10.2. The Morgan fingerprint density at radius 3 is 2.76 bits per heavy atom. The molecule has 0 bridgehead atoms. The largest absolute Gasteiger partial charge is 0.352 e. The summed E-state index contributed by atoms with van der Waals surface area (Å²) in [6.45, 7) is 2.70. The molecular weight excluding hydrogens is 318 g/mol. The highest BCUT2D eigenvalue weighted by molar-refractivity contribution is 5.96. The van der Waals surface area contributed by atoms with Crippen molar-refractivity contribution in [2.24, 2.45) is 0 Å². The summed E-state index contributed by atoms with van der Waals surface area (Å²) in [6.07, 6.45) is 9.15. The Hall–Kier alpha value is -2.44. The zero-order valence-electron chi connectivity index (χ0n) is 14.4. The lowest BCUT2D eigenvalue weighted by molar-refractivity contribution is -0.119. The fraction of sp³-hybridized carbons (Fsp3) is 0.556. The third-order valence-electron chi connectivity index (χ3n) is 5.26. The number of hydrogen-bond donors (Lipinski definition) is 1. The summed E-state index contributed by atoms with van der Waals surface area (Å²) in [5.41, 5.74) is 2.20. The second-order valence-corrected chi connectivity index (χ2v) is 7.09. The van der Waals surface area contributed by atoms with Crippen molar-refractivity contribution in [3.05, 3.63) is 24.2 Å². The first-order valence-electron chi connectivity index (χ1n) is 9.01. The van der Waals surface area contributed by atoms with Gasteiger partial charge in [0.2, 0.25) is 5.91 Å². The van der Waals surface area contributed by atoms with E-state index in [1.807, 2.05) is 12.4 Å². The number of fused-ring (bicyclic) bond motifs is 1. The first kappa shape index (κ1) is 16.1. The molecule has 4 rings (SSSR count). The molecule has 2 aliphatic rings. The third kappa shape index (κ3) is 3.10. The molecule has 0 aromatic carbocycles. The van der Waals surface area contributed by atoms with Gasteiger partial charge >= 0.3 is 0 Å². The molecule has 1 atom stereocenters. The van der Waals surface area contributed by atoms with Crippen LogP contribution in [0.1, 0.15) is 55.4 Å². The molecule has 2 amide bonds. The lowest BCUT2D eigenvalue weighted by Crippen LogP contribution is -2.37. The van der Waals surface area contributed by atoms with Gasteiger partial charge in [-0.2, -0.15) is 0 Å². The maximum Gasteiger partial charge on any atom is 0.255 e. The van der Waals surface area contributed by atoms with Crippen LogP contribution in [0.5, 0.6) is 0 Å². The Morgan fingerprint density at radius 2 is 2.00 bits per heavy atom. The molecule has 3 heterocycles. The molecule has 1 saturated carbocycles. The van der Waals surface area contributed by atoms with E-state index in [1.165, 1.54) is 32.6 Å². The zero-order valence-corrected chi connectivity index (χ0v) is 14.4. The standard InChI is InChI=1S/C18H23N5O2/c1-12(24)21-14-6-7-22(10-14)18(25)13-8-16-17(19-9-13)23(11-20-16)15-4-2-3-5-15/h8-9,11,14-15H,2-7,10H2,1H3,(H,21,24). The predicted octanol–water partition coefficient (Wildman–Crippen LogP) is 1.90. The van der Waals surface area contributed by atoms with Crippen LogP contribution in [-0.2, 0) is 4.79 Å². The Morgan fingerprint density at radius 1 is 1.20 bits per heavy atom. The van der Waals surface area contributed by atoms with Crippen molar-refractivity contribution in [1.82, 2.24) is 24.8 Å². The third-order valence-corrected chi connectivity index (χ3v) is 5.26. The van der Waals surface area contributed by atoms with E-state index in [1.54, 1.807) is 11.1 Å². The maximum atomic E-state index is 12.7. The van der Waals surface area contributed by atoms with Crippen molar-refractivity contribution in [2.45, 2.75) is 51.1 Å². The zero-order chi connectivity index (χ0) is 17.4. The van der Waals surface area contributed by atoms with Crippen LogP contribution < -0.4 is 5.32 Å². The smallest absolute Gasteiger partial charge is 0.255 e. The Labute approximate surface area is 146 Å². The number of rotatable bonds is 3. The molecule has 1 saturated heterocycles. The number of imidazole rings is 1. The van der Waals surface area contributed by atoms with Gasteiger partial charge in [-0.25, -0.2) is 9.97 Å². The quantitative estimate of drug-likeness (QED) is 0.924. The Kier molecular flexibility index (Phi) is 4.15. The van der Waals surface area contributed by atoms with Gasteiger partial charge in [0.1, 0.15) is 5.52 Å². The molecular formula is C18H23N5O2. The summed E-state index contributed by atoms with van der Waals surface area (Å²) in [6, 6.07) is 2.36. The van der Waals surface area contributed by atoms with E-state index in [-0.39, 0.29) is 17.9 Å². The van der Waals surface area contributed by atoms with Crippen molar-refractivity contribution in [3.8, 4) is 0 Å². The van der Waals surface area contributed by atoms with Crippen LogP contribution in [-0.4, -0.2) is 50.4 Å². The highest BCUT2D eigenvalue weighted by atomic mass is 16.2. The van der Waals surface area contributed by atoms with Crippen LogP contribution in [0.4, 0.5) is 0 Å². The average Bonchev–Trinajstić information content (AvgIpc) is 3.32. The Bertz CT molecular complexity index is 809. The van der Waals surface area contributed by atoms with Crippen LogP contribution in [0, 0.1) is 0 Å². The second kappa shape index (κ2) is 6.46. The first-order chi connectivity index (χ1) is 12.1. The normalized spacial score (nSPS) is 21.2.